The Labute approximate surface area is 154 Å². The number of ether oxygens (including phenoxy) is 2. The fourth-order valence-electron chi connectivity index (χ4n) is 2.09. The average molecular weight is 372 g/mol. The van der Waals surface area contributed by atoms with E-state index < -0.39 is 11.8 Å². The van der Waals surface area contributed by atoms with Gasteiger partial charge in [0.25, 0.3) is 0 Å². The highest BCUT2D eigenvalue weighted by Crippen LogP contribution is 2.21. The maximum absolute atomic E-state index is 13.4. The number of nitrogens with zero attached hydrogens (tertiary/aromatic N) is 1. The van der Waals surface area contributed by atoms with Crippen LogP contribution in [0.3, 0.4) is 0 Å². The molecular formula is C19H17FN2O3S. The Hall–Kier alpha value is -2.93. The molecule has 0 fully saturated rings. The molecule has 0 aliphatic heterocycles. The normalized spacial score (nSPS) is 10.4. The first-order chi connectivity index (χ1) is 12.6. The van der Waals surface area contributed by atoms with Crippen molar-refractivity contribution in [2.45, 2.75) is 13.5 Å². The van der Waals surface area contributed by atoms with Gasteiger partial charge in [0.1, 0.15) is 6.61 Å². The quantitative estimate of drug-likeness (QED) is 0.621. The maximum atomic E-state index is 13.4. The number of rotatable bonds is 7. The van der Waals surface area contributed by atoms with Gasteiger partial charge >= 0.3 is 5.97 Å². The molecule has 0 spiro atoms. The van der Waals surface area contributed by atoms with Crippen molar-refractivity contribution in [1.82, 2.24) is 4.98 Å². The van der Waals surface area contributed by atoms with E-state index in [1.807, 2.05) is 36.6 Å². The molecule has 3 rings (SSSR count). The summed E-state index contributed by atoms with van der Waals surface area (Å²) < 4.78 is 23.6. The second-order valence-electron chi connectivity index (χ2n) is 5.51. The molecule has 0 radical (unpaired) electrons. The topological polar surface area (TPSA) is 60.5 Å². The number of nitrogens with one attached hydrogen (secondary N) is 1. The summed E-state index contributed by atoms with van der Waals surface area (Å²) in [6.07, 6.45) is 0. The third kappa shape index (κ3) is 5.03. The highest BCUT2D eigenvalue weighted by Gasteiger charge is 2.09. The molecule has 134 valence electrons. The molecule has 7 heteroatoms. The Bertz CT molecular complexity index is 881. The largest absolute Gasteiger partial charge is 0.479 e. The van der Waals surface area contributed by atoms with Crippen LogP contribution in [0.4, 0.5) is 15.2 Å². The Kier molecular flexibility index (Phi) is 5.80. The number of carbonyl (C=O) groups excluding carboxylic acids is 1. The van der Waals surface area contributed by atoms with E-state index in [-0.39, 0.29) is 19.0 Å². The first-order valence-electron chi connectivity index (χ1n) is 7.91. The van der Waals surface area contributed by atoms with E-state index in [2.05, 4.69) is 10.3 Å². The molecule has 26 heavy (non-hydrogen) atoms. The SMILES string of the molecule is Cc1ccc(Nc2nc(COC(=O)COc3ccccc3F)cs2)cc1. The van der Waals surface area contributed by atoms with Gasteiger partial charge in [-0.2, -0.15) is 0 Å². The standard InChI is InChI=1S/C19H17FN2O3S/c1-13-6-8-14(9-7-13)21-19-22-15(12-26-19)10-25-18(23)11-24-17-5-3-2-4-16(17)20/h2-9,12H,10-11H2,1H3,(H,21,22). The molecule has 1 heterocycles. The third-order valence-electron chi connectivity index (χ3n) is 3.42. The number of benzene rings is 2. The van der Waals surface area contributed by atoms with Crippen molar-refractivity contribution in [3.8, 4) is 5.75 Å². The van der Waals surface area contributed by atoms with E-state index in [1.54, 1.807) is 12.1 Å². The number of aryl methyl sites for hydroxylation is 1. The van der Waals surface area contributed by atoms with Gasteiger partial charge in [0.15, 0.2) is 23.3 Å². The predicted molar refractivity (Wildman–Crippen MR) is 98.3 cm³/mol. The molecule has 0 saturated heterocycles. The molecule has 0 unspecified atom stereocenters. The van der Waals surface area contributed by atoms with Crippen molar-refractivity contribution in [3.05, 3.63) is 71.0 Å². The van der Waals surface area contributed by atoms with Crippen LogP contribution in [0.1, 0.15) is 11.3 Å². The minimum absolute atomic E-state index is 0.0164. The van der Waals surface area contributed by atoms with E-state index >= 15 is 0 Å². The Balaban J connectivity index is 1.46. The summed E-state index contributed by atoms with van der Waals surface area (Å²) in [5.41, 5.74) is 2.75. The van der Waals surface area contributed by atoms with Gasteiger partial charge in [-0.1, -0.05) is 29.8 Å². The number of aromatic nitrogens is 1. The van der Waals surface area contributed by atoms with Gasteiger partial charge in [0, 0.05) is 11.1 Å². The van der Waals surface area contributed by atoms with Crippen molar-refractivity contribution in [3.63, 3.8) is 0 Å². The van der Waals surface area contributed by atoms with Crippen LogP contribution in [0, 0.1) is 12.7 Å². The molecule has 1 N–H and O–H groups in total. The highest BCUT2D eigenvalue weighted by atomic mass is 32.1. The summed E-state index contributed by atoms with van der Waals surface area (Å²) >= 11 is 1.42. The molecule has 0 bridgehead atoms. The molecule has 0 aliphatic rings. The van der Waals surface area contributed by atoms with E-state index in [4.69, 9.17) is 9.47 Å². The number of hydrogen-bond acceptors (Lipinski definition) is 6. The second-order valence-corrected chi connectivity index (χ2v) is 6.37. The number of anilines is 2. The summed E-state index contributed by atoms with van der Waals surface area (Å²) in [6, 6.07) is 13.8. The Morgan fingerprint density at radius 2 is 1.96 bits per heavy atom. The summed E-state index contributed by atoms with van der Waals surface area (Å²) in [5, 5.41) is 5.71. The van der Waals surface area contributed by atoms with Gasteiger partial charge in [-0.15, -0.1) is 11.3 Å². The van der Waals surface area contributed by atoms with Crippen LogP contribution >= 0.6 is 11.3 Å². The Morgan fingerprint density at radius 3 is 2.73 bits per heavy atom. The number of thiazole rings is 1. The lowest BCUT2D eigenvalue weighted by Gasteiger charge is -2.06. The third-order valence-corrected chi connectivity index (χ3v) is 4.22. The molecule has 3 aromatic rings. The van der Waals surface area contributed by atoms with E-state index in [0.717, 1.165) is 5.69 Å². The van der Waals surface area contributed by atoms with Crippen LogP contribution in [0.2, 0.25) is 0 Å². The summed E-state index contributed by atoms with van der Waals surface area (Å²) in [7, 11) is 0. The second kappa shape index (κ2) is 8.44. The van der Waals surface area contributed by atoms with Gasteiger partial charge in [-0.05, 0) is 31.2 Å². The fraction of sp³-hybridized carbons (Fsp3) is 0.158. The average Bonchev–Trinajstić information content (AvgIpc) is 3.09. The first-order valence-corrected chi connectivity index (χ1v) is 8.79. The van der Waals surface area contributed by atoms with Crippen LogP contribution in [0.5, 0.6) is 5.75 Å². The zero-order valence-corrected chi connectivity index (χ0v) is 14.9. The first kappa shape index (κ1) is 17.9. The molecule has 2 aromatic carbocycles. The molecule has 0 atom stereocenters. The lowest BCUT2D eigenvalue weighted by Crippen LogP contribution is -2.15. The van der Waals surface area contributed by atoms with Gasteiger partial charge in [0.2, 0.25) is 0 Å². The van der Waals surface area contributed by atoms with Gasteiger partial charge < -0.3 is 14.8 Å². The zero-order valence-electron chi connectivity index (χ0n) is 14.1. The zero-order chi connectivity index (χ0) is 18.4. The molecule has 0 amide bonds. The van der Waals surface area contributed by atoms with Crippen LogP contribution in [-0.4, -0.2) is 17.6 Å². The molecular weight excluding hydrogens is 355 g/mol. The minimum Gasteiger partial charge on any atom is -0.479 e. The Morgan fingerprint density at radius 1 is 1.19 bits per heavy atom. The highest BCUT2D eigenvalue weighted by molar-refractivity contribution is 7.13. The lowest BCUT2D eigenvalue weighted by molar-refractivity contribution is -0.147. The number of esters is 1. The van der Waals surface area contributed by atoms with Crippen molar-refractivity contribution >= 4 is 28.1 Å². The van der Waals surface area contributed by atoms with Gasteiger partial charge in [-0.3, -0.25) is 0 Å². The van der Waals surface area contributed by atoms with Gasteiger partial charge in [0.05, 0.1) is 5.69 Å². The van der Waals surface area contributed by atoms with Crippen molar-refractivity contribution in [2.75, 3.05) is 11.9 Å². The summed E-state index contributed by atoms with van der Waals surface area (Å²) in [6.45, 7) is 1.70. The van der Waals surface area contributed by atoms with E-state index in [9.17, 15) is 9.18 Å². The molecule has 5 nitrogen and oxygen atoms in total. The summed E-state index contributed by atoms with van der Waals surface area (Å²) in [5.74, 6) is -1.09. The predicted octanol–water partition coefficient (Wildman–Crippen LogP) is 4.46. The van der Waals surface area contributed by atoms with E-state index in [0.29, 0.717) is 10.8 Å². The lowest BCUT2D eigenvalue weighted by atomic mass is 10.2. The van der Waals surface area contributed by atoms with E-state index in [1.165, 1.54) is 29.0 Å². The van der Waals surface area contributed by atoms with Crippen LogP contribution in [-0.2, 0) is 16.1 Å². The number of halogens is 1. The van der Waals surface area contributed by atoms with Crippen molar-refractivity contribution in [2.24, 2.45) is 0 Å². The maximum Gasteiger partial charge on any atom is 0.344 e. The minimum atomic E-state index is -0.589. The molecule has 0 saturated carbocycles. The molecule has 1 aromatic heterocycles. The number of para-hydroxylation sites is 1. The smallest absolute Gasteiger partial charge is 0.344 e. The number of carbonyl (C=O) groups is 1. The van der Waals surface area contributed by atoms with Crippen LogP contribution < -0.4 is 10.1 Å². The molecule has 0 aliphatic carbocycles. The van der Waals surface area contributed by atoms with Crippen LogP contribution in [0.25, 0.3) is 0 Å². The van der Waals surface area contributed by atoms with Gasteiger partial charge in [-0.25, -0.2) is 14.2 Å². The van der Waals surface area contributed by atoms with Crippen LogP contribution in [0.15, 0.2) is 53.9 Å². The number of hydrogen-bond donors (Lipinski definition) is 1. The van der Waals surface area contributed by atoms with Crippen molar-refractivity contribution < 1.29 is 18.7 Å². The van der Waals surface area contributed by atoms with Crippen molar-refractivity contribution in [1.29, 1.82) is 0 Å². The monoisotopic (exact) mass is 372 g/mol. The summed E-state index contributed by atoms with van der Waals surface area (Å²) in [4.78, 5) is 16.1. The fourth-order valence-corrected chi connectivity index (χ4v) is 2.80.